The van der Waals surface area contributed by atoms with Gasteiger partial charge in [-0.05, 0) is 40.5 Å². The molecule has 0 radical (unpaired) electrons. The van der Waals surface area contributed by atoms with Gasteiger partial charge >= 0.3 is 0 Å². The van der Waals surface area contributed by atoms with Crippen LogP contribution in [0.15, 0.2) is 28.9 Å². The minimum atomic E-state index is 0.440. The number of halogens is 1. The van der Waals surface area contributed by atoms with E-state index < -0.39 is 0 Å². The molecular formula is C13H17BrN4. The molecule has 2 aromatic rings. The first-order valence-electron chi connectivity index (χ1n) is 5.97. The number of nitrogens with one attached hydrogen (secondary N) is 1. The maximum absolute atomic E-state index is 4.15. The first-order chi connectivity index (χ1) is 8.58. The average molecular weight is 309 g/mol. The summed E-state index contributed by atoms with van der Waals surface area (Å²) in [5.74, 6) is 0. The van der Waals surface area contributed by atoms with Crippen molar-refractivity contribution in [3.8, 4) is 5.69 Å². The highest BCUT2D eigenvalue weighted by molar-refractivity contribution is 9.10. The molecule has 0 aliphatic rings. The van der Waals surface area contributed by atoms with Gasteiger partial charge in [0, 0.05) is 17.1 Å². The molecule has 0 spiro atoms. The van der Waals surface area contributed by atoms with E-state index in [1.54, 1.807) is 6.20 Å². The Morgan fingerprint density at radius 2 is 2.17 bits per heavy atom. The van der Waals surface area contributed by atoms with Gasteiger partial charge in [0.05, 0.1) is 17.6 Å². The van der Waals surface area contributed by atoms with Gasteiger partial charge in [-0.3, -0.25) is 0 Å². The SMILES string of the molecule is Cc1ccc(-n2nncc2CNC(C)C)c(Br)c1. The molecule has 0 saturated heterocycles. The van der Waals surface area contributed by atoms with Gasteiger partial charge in [0.2, 0.25) is 0 Å². The van der Waals surface area contributed by atoms with Gasteiger partial charge in [-0.1, -0.05) is 25.1 Å². The summed E-state index contributed by atoms with van der Waals surface area (Å²) in [5, 5.41) is 11.5. The molecule has 4 nitrogen and oxygen atoms in total. The van der Waals surface area contributed by atoms with Crippen LogP contribution in [0, 0.1) is 6.92 Å². The molecule has 96 valence electrons. The van der Waals surface area contributed by atoms with Crippen LogP contribution >= 0.6 is 15.9 Å². The van der Waals surface area contributed by atoms with Crippen molar-refractivity contribution in [2.24, 2.45) is 0 Å². The molecule has 0 atom stereocenters. The first-order valence-corrected chi connectivity index (χ1v) is 6.76. The third-order valence-electron chi connectivity index (χ3n) is 2.64. The monoisotopic (exact) mass is 308 g/mol. The Labute approximate surface area is 116 Å². The lowest BCUT2D eigenvalue weighted by molar-refractivity contribution is 0.570. The van der Waals surface area contributed by atoms with Gasteiger partial charge in [-0.2, -0.15) is 0 Å². The predicted octanol–water partition coefficient (Wildman–Crippen LogP) is 2.84. The molecule has 0 fully saturated rings. The van der Waals surface area contributed by atoms with Gasteiger partial charge in [0.25, 0.3) is 0 Å². The minimum absolute atomic E-state index is 0.440. The molecule has 0 aliphatic heterocycles. The lowest BCUT2D eigenvalue weighted by atomic mass is 10.2. The fourth-order valence-corrected chi connectivity index (χ4v) is 2.33. The van der Waals surface area contributed by atoms with Gasteiger partial charge in [-0.15, -0.1) is 5.10 Å². The van der Waals surface area contributed by atoms with Crippen LogP contribution in [0.4, 0.5) is 0 Å². The van der Waals surface area contributed by atoms with Crippen LogP contribution in [0.3, 0.4) is 0 Å². The van der Waals surface area contributed by atoms with E-state index in [-0.39, 0.29) is 0 Å². The van der Waals surface area contributed by atoms with Crippen LogP contribution in [0.1, 0.15) is 25.1 Å². The van der Waals surface area contributed by atoms with E-state index in [1.807, 2.05) is 10.7 Å². The summed E-state index contributed by atoms with van der Waals surface area (Å²) in [7, 11) is 0. The van der Waals surface area contributed by atoms with Gasteiger partial charge < -0.3 is 5.32 Å². The lowest BCUT2D eigenvalue weighted by Crippen LogP contribution is -2.23. The molecule has 1 N–H and O–H groups in total. The summed E-state index contributed by atoms with van der Waals surface area (Å²) in [6.07, 6.45) is 1.79. The predicted molar refractivity (Wildman–Crippen MR) is 75.8 cm³/mol. The third-order valence-corrected chi connectivity index (χ3v) is 3.28. The van der Waals surface area contributed by atoms with Gasteiger partial charge in [-0.25, -0.2) is 4.68 Å². The molecule has 1 aromatic carbocycles. The van der Waals surface area contributed by atoms with Crippen molar-refractivity contribution < 1.29 is 0 Å². The van der Waals surface area contributed by atoms with Crippen molar-refractivity contribution in [3.63, 3.8) is 0 Å². The summed E-state index contributed by atoms with van der Waals surface area (Å²) in [6, 6.07) is 6.64. The van der Waals surface area contributed by atoms with E-state index in [0.717, 1.165) is 22.4 Å². The number of hydrogen-bond donors (Lipinski definition) is 1. The molecule has 0 amide bonds. The Morgan fingerprint density at radius 3 is 2.83 bits per heavy atom. The Balaban J connectivity index is 2.30. The van der Waals surface area contributed by atoms with Crippen LogP contribution in [0.5, 0.6) is 0 Å². The number of nitrogens with zero attached hydrogens (tertiary/aromatic N) is 3. The molecule has 1 aromatic heterocycles. The zero-order valence-corrected chi connectivity index (χ0v) is 12.4. The highest BCUT2D eigenvalue weighted by Crippen LogP contribution is 2.22. The third kappa shape index (κ3) is 2.97. The van der Waals surface area contributed by atoms with E-state index in [0.29, 0.717) is 6.04 Å². The standard InChI is InChI=1S/C13H17BrN4/c1-9(2)15-7-11-8-16-17-18(11)13-5-4-10(3)6-12(13)14/h4-6,8-9,15H,7H2,1-3H3. The normalized spacial score (nSPS) is 11.2. The van der Waals surface area contributed by atoms with Gasteiger partial charge in [0.15, 0.2) is 0 Å². The Kier molecular flexibility index (Phi) is 4.14. The molecule has 2 rings (SSSR count). The summed E-state index contributed by atoms with van der Waals surface area (Å²) < 4.78 is 2.89. The van der Waals surface area contributed by atoms with Crippen molar-refractivity contribution in [3.05, 3.63) is 40.1 Å². The lowest BCUT2D eigenvalue weighted by Gasteiger charge is -2.11. The Bertz CT molecular complexity index is 534. The zero-order valence-electron chi connectivity index (χ0n) is 10.8. The van der Waals surface area contributed by atoms with Crippen molar-refractivity contribution in [1.29, 1.82) is 0 Å². The molecule has 0 saturated carbocycles. The smallest absolute Gasteiger partial charge is 0.0809 e. The summed E-state index contributed by atoms with van der Waals surface area (Å²) >= 11 is 3.57. The van der Waals surface area contributed by atoms with E-state index in [9.17, 15) is 0 Å². The maximum Gasteiger partial charge on any atom is 0.0809 e. The highest BCUT2D eigenvalue weighted by atomic mass is 79.9. The second-order valence-corrected chi connectivity index (χ2v) is 5.48. The Morgan fingerprint density at radius 1 is 1.39 bits per heavy atom. The van der Waals surface area contributed by atoms with Crippen LogP contribution in [0.25, 0.3) is 5.69 Å². The number of aryl methyl sites for hydroxylation is 1. The molecule has 0 bridgehead atoms. The van der Waals surface area contributed by atoms with Crippen LogP contribution in [-0.4, -0.2) is 21.0 Å². The van der Waals surface area contributed by atoms with Crippen molar-refractivity contribution in [2.75, 3.05) is 0 Å². The van der Waals surface area contributed by atoms with E-state index in [2.05, 4.69) is 64.5 Å². The molecule has 1 heterocycles. The van der Waals surface area contributed by atoms with E-state index in [1.165, 1.54) is 5.56 Å². The number of aromatic nitrogens is 3. The quantitative estimate of drug-likeness (QED) is 0.944. The number of benzene rings is 1. The van der Waals surface area contributed by atoms with Crippen LogP contribution in [0.2, 0.25) is 0 Å². The van der Waals surface area contributed by atoms with E-state index in [4.69, 9.17) is 0 Å². The second kappa shape index (κ2) is 5.63. The minimum Gasteiger partial charge on any atom is -0.309 e. The van der Waals surface area contributed by atoms with Crippen molar-refractivity contribution in [2.45, 2.75) is 33.4 Å². The zero-order chi connectivity index (χ0) is 13.1. The topological polar surface area (TPSA) is 42.7 Å². The fraction of sp³-hybridized carbons (Fsp3) is 0.385. The Hall–Kier alpha value is -1.20. The fourth-order valence-electron chi connectivity index (χ4n) is 1.67. The number of hydrogen-bond acceptors (Lipinski definition) is 3. The van der Waals surface area contributed by atoms with Crippen LogP contribution in [-0.2, 0) is 6.54 Å². The summed E-state index contributed by atoms with van der Waals surface area (Å²) in [5.41, 5.74) is 3.28. The second-order valence-electron chi connectivity index (χ2n) is 4.63. The average Bonchev–Trinajstić information content (AvgIpc) is 2.74. The number of rotatable bonds is 4. The van der Waals surface area contributed by atoms with E-state index >= 15 is 0 Å². The molecule has 18 heavy (non-hydrogen) atoms. The maximum atomic E-state index is 4.15. The van der Waals surface area contributed by atoms with Crippen LogP contribution < -0.4 is 5.32 Å². The van der Waals surface area contributed by atoms with Gasteiger partial charge in [0.1, 0.15) is 0 Å². The summed E-state index contributed by atoms with van der Waals surface area (Å²) in [4.78, 5) is 0. The molecular weight excluding hydrogens is 292 g/mol. The van der Waals surface area contributed by atoms with Crippen molar-refractivity contribution >= 4 is 15.9 Å². The largest absolute Gasteiger partial charge is 0.309 e. The molecule has 0 aliphatic carbocycles. The summed E-state index contributed by atoms with van der Waals surface area (Å²) in [6.45, 7) is 7.06. The van der Waals surface area contributed by atoms with Crippen molar-refractivity contribution in [1.82, 2.24) is 20.3 Å². The highest BCUT2D eigenvalue weighted by Gasteiger charge is 2.09. The molecule has 0 unspecified atom stereocenters. The molecule has 5 heteroatoms. The first kappa shape index (κ1) is 13.2.